The third-order valence-electron chi connectivity index (χ3n) is 2.31. The van der Waals surface area contributed by atoms with Crippen LogP contribution in [0.2, 0.25) is 0 Å². The van der Waals surface area contributed by atoms with E-state index in [4.69, 9.17) is 5.14 Å². The minimum absolute atomic E-state index is 0.131. The van der Waals surface area contributed by atoms with Gasteiger partial charge < -0.3 is 10.6 Å². The topological polar surface area (TPSA) is 110 Å². The molecule has 1 rings (SSSR count). The summed E-state index contributed by atoms with van der Waals surface area (Å²) in [6.07, 6.45) is 2.43. The Morgan fingerprint density at radius 2 is 1.78 bits per heavy atom. The lowest BCUT2D eigenvalue weighted by molar-refractivity contribution is 0.598. The Labute approximate surface area is 107 Å². The fraction of sp³-hybridized carbons (Fsp3) is 0.600. The van der Waals surface area contributed by atoms with E-state index in [0.29, 0.717) is 5.82 Å². The number of nitrogens with two attached hydrogens (primary N) is 1. The van der Waals surface area contributed by atoms with E-state index >= 15 is 0 Å². The van der Waals surface area contributed by atoms with Crippen molar-refractivity contribution in [3.05, 3.63) is 11.9 Å². The summed E-state index contributed by atoms with van der Waals surface area (Å²) in [4.78, 5) is 8.20. The van der Waals surface area contributed by atoms with Crippen LogP contribution in [0.25, 0.3) is 0 Å². The average Bonchev–Trinajstić information content (AvgIpc) is 2.28. The highest BCUT2D eigenvalue weighted by atomic mass is 32.2. The number of aromatic nitrogens is 2. The van der Waals surface area contributed by atoms with Gasteiger partial charge in [-0.3, -0.25) is 0 Å². The van der Waals surface area contributed by atoms with Crippen molar-refractivity contribution >= 4 is 21.7 Å². The molecule has 0 fully saturated rings. The Bertz CT molecular complexity index is 489. The second-order valence-corrected chi connectivity index (χ2v) is 5.65. The predicted molar refractivity (Wildman–Crippen MR) is 72.0 cm³/mol. The molecule has 0 spiro atoms. The van der Waals surface area contributed by atoms with E-state index in [1.807, 2.05) is 6.92 Å². The van der Waals surface area contributed by atoms with E-state index in [1.54, 1.807) is 0 Å². The Kier molecular flexibility index (Phi) is 5.29. The molecule has 0 saturated heterocycles. The minimum atomic E-state index is -3.45. The summed E-state index contributed by atoms with van der Waals surface area (Å²) >= 11 is 0. The van der Waals surface area contributed by atoms with Crippen molar-refractivity contribution in [3.8, 4) is 0 Å². The molecule has 1 aromatic heterocycles. The molecule has 0 amide bonds. The highest BCUT2D eigenvalue weighted by molar-refractivity contribution is 7.89. The normalized spacial score (nSPS) is 11.3. The molecule has 0 atom stereocenters. The fourth-order valence-corrected chi connectivity index (χ4v) is 1.75. The van der Waals surface area contributed by atoms with Gasteiger partial charge in [0.05, 0.1) is 5.75 Å². The number of rotatable bonds is 7. The summed E-state index contributed by atoms with van der Waals surface area (Å²) in [5.74, 6) is 1.24. The molecular formula is C10H19N5O2S. The quantitative estimate of drug-likeness (QED) is 0.659. The van der Waals surface area contributed by atoms with Crippen LogP contribution in [0.4, 0.5) is 11.6 Å². The zero-order chi connectivity index (χ0) is 13.6. The Morgan fingerprint density at radius 3 is 2.28 bits per heavy atom. The van der Waals surface area contributed by atoms with E-state index < -0.39 is 10.0 Å². The van der Waals surface area contributed by atoms with Gasteiger partial charge in [-0.15, -0.1) is 0 Å². The first-order valence-electron chi connectivity index (χ1n) is 5.74. The average molecular weight is 273 g/mol. The van der Waals surface area contributed by atoms with Crippen LogP contribution in [0.1, 0.15) is 18.9 Å². The molecule has 4 N–H and O–H groups in total. The molecule has 1 heterocycles. The number of primary sulfonamides is 1. The Hall–Kier alpha value is -1.41. The van der Waals surface area contributed by atoms with Crippen LogP contribution >= 0.6 is 0 Å². The zero-order valence-corrected chi connectivity index (χ0v) is 11.4. The van der Waals surface area contributed by atoms with Crippen LogP contribution in [0.5, 0.6) is 0 Å². The molecule has 1 aromatic rings. The highest BCUT2D eigenvalue weighted by Crippen LogP contribution is 2.17. The van der Waals surface area contributed by atoms with Crippen LogP contribution in [-0.2, 0) is 10.0 Å². The number of nitrogens with one attached hydrogen (secondary N) is 2. The first-order valence-corrected chi connectivity index (χ1v) is 7.45. The molecule has 0 aromatic carbocycles. The van der Waals surface area contributed by atoms with Gasteiger partial charge in [-0.2, -0.15) is 0 Å². The van der Waals surface area contributed by atoms with Crippen molar-refractivity contribution in [1.82, 2.24) is 9.97 Å². The van der Waals surface area contributed by atoms with E-state index in [-0.39, 0.29) is 12.3 Å². The number of hydrogen-bond donors (Lipinski definition) is 3. The molecule has 0 saturated carbocycles. The molecule has 0 aliphatic heterocycles. The fourth-order valence-electron chi connectivity index (χ4n) is 1.36. The van der Waals surface area contributed by atoms with Crippen molar-refractivity contribution in [2.45, 2.75) is 20.3 Å². The van der Waals surface area contributed by atoms with Gasteiger partial charge in [-0.25, -0.2) is 23.5 Å². The van der Waals surface area contributed by atoms with Gasteiger partial charge in [-0.05, 0) is 13.3 Å². The van der Waals surface area contributed by atoms with Gasteiger partial charge in [0.15, 0.2) is 0 Å². The minimum Gasteiger partial charge on any atom is -0.370 e. The maximum atomic E-state index is 10.8. The van der Waals surface area contributed by atoms with Gasteiger partial charge in [-0.1, -0.05) is 6.92 Å². The van der Waals surface area contributed by atoms with E-state index in [2.05, 4.69) is 27.5 Å². The van der Waals surface area contributed by atoms with E-state index in [0.717, 1.165) is 24.3 Å². The second-order valence-electron chi connectivity index (χ2n) is 3.92. The maximum absolute atomic E-state index is 10.8. The van der Waals surface area contributed by atoms with Crippen molar-refractivity contribution in [2.24, 2.45) is 5.14 Å². The summed E-state index contributed by atoms with van der Waals surface area (Å²) < 4.78 is 21.6. The summed E-state index contributed by atoms with van der Waals surface area (Å²) in [5, 5.41) is 11.0. The number of hydrogen-bond acceptors (Lipinski definition) is 6. The van der Waals surface area contributed by atoms with Crippen LogP contribution < -0.4 is 15.8 Å². The van der Waals surface area contributed by atoms with E-state index in [1.165, 1.54) is 6.33 Å². The van der Waals surface area contributed by atoms with Crippen LogP contribution in [0.3, 0.4) is 0 Å². The van der Waals surface area contributed by atoms with Crippen molar-refractivity contribution in [2.75, 3.05) is 29.5 Å². The summed E-state index contributed by atoms with van der Waals surface area (Å²) in [6.45, 7) is 4.99. The zero-order valence-electron chi connectivity index (χ0n) is 10.6. The molecule has 7 nitrogen and oxygen atoms in total. The molecule has 0 aliphatic carbocycles. The van der Waals surface area contributed by atoms with Gasteiger partial charge in [0.2, 0.25) is 10.0 Å². The molecule has 0 unspecified atom stereocenters. The first-order chi connectivity index (χ1) is 8.44. The summed E-state index contributed by atoms with van der Waals surface area (Å²) in [6, 6.07) is 0. The number of nitrogens with zero attached hydrogens (tertiary/aromatic N) is 2. The third kappa shape index (κ3) is 4.84. The molecule has 102 valence electrons. The largest absolute Gasteiger partial charge is 0.370 e. The number of sulfonamides is 1. The predicted octanol–water partition coefficient (Wildman–Crippen LogP) is 0.307. The van der Waals surface area contributed by atoms with Crippen LogP contribution in [-0.4, -0.2) is 37.2 Å². The van der Waals surface area contributed by atoms with Crippen LogP contribution in [0, 0.1) is 6.92 Å². The molecule has 0 aliphatic rings. The maximum Gasteiger partial charge on any atom is 0.210 e. The summed E-state index contributed by atoms with van der Waals surface area (Å²) in [7, 11) is -3.45. The smallest absolute Gasteiger partial charge is 0.210 e. The summed E-state index contributed by atoms with van der Waals surface area (Å²) in [5.41, 5.74) is 0.861. The molecule has 0 radical (unpaired) electrons. The lowest BCUT2D eigenvalue weighted by Gasteiger charge is -2.11. The lowest BCUT2D eigenvalue weighted by atomic mass is 10.3. The van der Waals surface area contributed by atoms with Crippen LogP contribution in [0.15, 0.2) is 6.33 Å². The Balaban J connectivity index is 2.66. The molecule has 18 heavy (non-hydrogen) atoms. The lowest BCUT2D eigenvalue weighted by Crippen LogP contribution is -2.23. The highest BCUT2D eigenvalue weighted by Gasteiger charge is 2.07. The van der Waals surface area contributed by atoms with Crippen molar-refractivity contribution in [1.29, 1.82) is 0 Å². The Morgan fingerprint density at radius 1 is 1.22 bits per heavy atom. The van der Waals surface area contributed by atoms with Gasteiger partial charge in [0, 0.05) is 18.7 Å². The standard InChI is InChI=1S/C10H19N5O2S/c1-3-4-12-9-8(2)10(15-7-14-9)13-5-6-18(11,16)17/h7H,3-6H2,1-2H3,(H2,11,16,17)(H2,12,13,14,15). The van der Waals surface area contributed by atoms with E-state index in [9.17, 15) is 8.42 Å². The molecule has 8 heteroatoms. The van der Waals surface area contributed by atoms with Crippen molar-refractivity contribution < 1.29 is 8.42 Å². The number of anilines is 2. The van der Waals surface area contributed by atoms with Gasteiger partial charge >= 0.3 is 0 Å². The third-order valence-corrected chi connectivity index (χ3v) is 3.08. The molecular weight excluding hydrogens is 254 g/mol. The molecule has 0 bridgehead atoms. The monoisotopic (exact) mass is 273 g/mol. The van der Waals surface area contributed by atoms with Gasteiger partial charge in [0.1, 0.15) is 18.0 Å². The SMILES string of the molecule is CCCNc1ncnc(NCCS(N)(=O)=O)c1C. The first kappa shape index (κ1) is 14.7. The van der Waals surface area contributed by atoms with Crippen molar-refractivity contribution in [3.63, 3.8) is 0 Å². The van der Waals surface area contributed by atoms with Gasteiger partial charge in [0.25, 0.3) is 0 Å². The second kappa shape index (κ2) is 6.50.